The Morgan fingerprint density at radius 1 is 1.52 bits per heavy atom. The topological polar surface area (TPSA) is 67.6 Å². The Morgan fingerprint density at radius 2 is 2.29 bits per heavy atom. The van der Waals surface area contributed by atoms with Gasteiger partial charge in [-0.05, 0) is 32.9 Å². The summed E-state index contributed by atoms with van der Waals surface area (Å²) in [6.45, 7) is 6.02. The molecule has 1 amide bonds. The van der Waals surface area contributed by atoms with Crippen molar-refractivity contribution in [3.63, 3.8) is 0 Å². The lowest BCUT2D eigenvalue weighted by molar-refractivity contribution is -0.126. The molecule has 0 bridgehead atoms. The van der Waals surface area contributed by atoms with Crippen molar-refractivity contribution in [3.05, 3.63) is 17.5 Å². The van der Waals surface area contributed by atoms with Crippen LogP contribution in [0, 0.1) is 18.3 Å². The fraction of sp³-hybridized carbons (Fsp3) is 0.733. The van der Waals surface area contributed by atoms with Crippen molar-refractivity contribution >= 4 is 5.91 Å². The first-order chi connectivity index (χ1) is 10.1. The van der Waals surface area contributed by atoms with Crippen molar-refractivity contribution in [1.29, 1.82) is 0 Å². The molecular formula is C15H23N3O3. The monoisotopic (exact) mass is 293 g/mol. The van der Waals surface area contributed by atoms with E-state index in [0.717, 1.165) is 50.5 Å². The molecule has 1 spiro atoms. The predicted molar refractivity (Wildman–Crippen MR) is 76.6 cm³/mol. The number of aryl methyl sites for hydroxylation is 1. The van der Waals surface area contributed by atoms with Crippen LogP contribution in [-0.2, 0) is 16.1 Å². The van der Waals surface area contributed by atoms with Crippen LogP contribution in [0.4, 0.5) is 0 Å². The van der Waals surface area contributed by atoms with Crippen molar-refractivity contribution in [1.82, 2.24) is 15.4 Å². The van der Waals surface area contributed by atoms with Gasteiger partial charge in [0.15, 0.2) is 0 Å². The molecule has 0 aliphatic carbocycles. The fourth-order valence-electron chi connectivity index (χ4n) is 3.61. The predicted octanol–water partition coefficient (Wildman–Crippen LogP) is 0.958. The third kappa shape index (κ3) is 2.82. The van der Waals surface area contributed by atoms with Gasteiger partial charge in [0, 0.05) is 31.7 Å². The largest absolute Gasteiger partial charge is 0.384 e. The number of piperidine rings is 1. The molecule has 1 aromatic heterocycles. The fourth-order valence-corrected chi connectivity index (χ4v) is 3.61. The van der Waals surface area contributed by atoms with Crippen LogP contribution < -0.4 is 5.32 Å². The van der Waals surface area contributed by atoms with Gasteiger partial charge in [-0.2, -0.15) is 0 Å². The van der Waals surface area contributed by atoms with Crippen LogP contribution in [-0.4, -0.2) is 49.3 Å². The molecule has 0 saturated carbocycles. The maximum absolute atomic E-state index is 12.0. The number of carbonyl (C=O) groups excluding carboxylic acids is 1. The Kier molecular flexibility index (Phi) is 3.99. The zero-order valence-electron chi connectivity index (χ0n) is 12.7. The third-order valence-corrected chi connectivity index (χ3v) is 4.92. The van der Waals surface area contributed by atoms with Gasteiger partial charge in [-0.15, -0.1) is 0 Å². The highest BCUT2D eigenvalue weighted by molar-refractivity contribution is 5.82. The Bertz CT molecular complexity index is 506. The standard InChI is InChI=1S/C15H23N3O3/c1-11-7-12(17-21-11)8-18-5-3-15(4-6-18)10-16-14(19)13(15)9-20-2/h7,13H,3-6,8-10H2,1-2H3,(H,16,19). The van der Waals surface area contributed by atoms with Crippen LogP contribution in [0.2, 0.25) is 0 Å². The first kappa shape index (κ1) is 14.5. The zero-order valence-corrected chi connectivity index (χ0v) is 12.7. The Morgan fingerprint density at radius 3 is 2.90 bits per heavy atom. The normalized spacial score (nSPS) is 25.4. The summed E-state index contributed by atoms with van der Waals surface area (Å²) in [7, 11) is 1.67. The lowest BCUT2D eigenvalue weighted by Crippen LogP contribution is -2.45. The smallest absolute Gasteiger partial charge is 0.226 e. The minimum Gasteiger partial charge on any atom is -0.384 e. The molecule has 6 nitrogen and oxygen atoms in total. The van der Waals surface area contributed by atoms with E-state index in [1.54, 1.807) is 7.11 Å². The molecule has 0 aromatic carbocycles. The Hall–Kier alpha value is -1.40. The van der Waals surface area contributed by atoms with E-state index in [2.05, 4.69) is 15.4 Å². The van der Waals surface area contributed by atoms with E-state index in [4.69, 9.17) is 9.26 Å². The van der Waals surface area contributed by atoms with Crippen LogP contribution in [0.25, 0.3) is 0 Å². The van der Waals surface area contributed by atoms with Crippen molar-refractivity contribution in [3.8, 4) is 0 Å². The van der Waals surface area contributed by atoms with E-state index in [1.165, 1.54) is 0 Å². The number of rotatable bonds is 4. The Balaban J connectivity index is 1.60. The van der Waals surface area contributed by atoms with E-state index in [1.807, 2.05) is 13.0 Å². The van der Waals surface area contributed by atoms with Gasteiger partial charge in [0.25, 0.3) is 0 Å². The molecule has 3 heterocycles. The van der Waals surface area contributed by atoms with E-state index in [9.17, 15) is 4.79 Å². The van der Waals surface area contributed by atoms with Crippen LogP contribution in [0.15, 0.2) is 10.6 Å². The van der Waals surface area contributed by atoms with Gasteiger partial charge in [-0.25, -0.2) is 0 Å². The first-order valence-corrected chi connectivity index (χ1v) is 7.54. The second-order valence-corrected chi connectivity index (χ2v) is 6.29. The van der Waals surface area contributed by atoms with Gasteiger partial charge in [-0.3, -0.25) is 9.69 Å². The van der Waals surface area contributed by atoms with Gasteiger partial charge >= 0.3 is 0 Å². The van der Waals surface area contributed by atoms with Gasteiger partial charge in [0.1, 0.15) is 5.76 Å². The van der Waals surface area contributed by atoms with E-state index >= 15 is 0 Å². The van der Waals surface area contributed by atoms with E-state index < -0.39 is 0 Å². The molecular weight excluding hydrogens is 270 g/mol. The number of amides is 1. The summed E-state index contributed by atoms with van der Waals surface area (Å²) in [6, 6.07) is 1.98. The summed E-state index contributed by atoms with van der Waals surface area (Å²) in [5, 5.41) is 7.07. The molecule has 0 radical (unpaired) electrons. The lowest BCUT2D eigenvalue weighted by Gasteiger charge is -2.41. The summed E-state index contributed by atoms with van der Waals surface area (Å²) in [5.74, 6) is 1.00. The molecule has 1 unspecified atom stereocenters. The number of likely N-dealkylation sites (tertiary alicyclic amines) is 1. The highest BCUT2D eigenvalue weighted by atomic mass is 16.5. The average molecular weight is 293 g/mol. The average Bonchev–Trinajstić information content (AvgIpc) is 3.01. The first-order valence-electron chi connectivity index (χ1n) is 7.54. The third-order valence-electron chi connectivity index (χ3n) is 4.92. The van der Waals surface area contributed by atoms with Gasteiger partial charge in [-0.1, -0.05) is 5.16 Å². The molecule has 2 fully saturated rings. The zero-order chi connectivity index (χ0) is 14.9. The van der Waals surface area contributed by atoms with Gasteiger partial charge in [0.05, 0.1) is 18.2 Å². The molecule has 116 valence electrons. The highest BCUT2D eigenvalue weighted by Crippen LogP contribution is 2.42. The number of nitrogens with zero attached hydrogens (tertiary/aromatic N) is 2. The van der Waals surface area contributed by atoms with Crippen molar-refractivity contribution in [2.45, 2.75) is 26.3 Å². The molecule has 2 saturated heterocycles. The molecule has 1 atom stereocenters. The number of aromatic nitrogens is 1. The molecule has 1 aromatic rings. The number of hydrogen-bond acceptors (Lipinski definition) is 5. The number of nitrogens with one attached hydrogen (secondary N) is 1. The van der Waals surface area contributed by atoms with Crippen molar-refractivity contribution < 1.29 is 14.1 Å². The number of methoxy groups -OCH3 is 1. The van der Waals surface area contributed by atoms with Gasteiger partial charge < -0.3 is 14.6 Å². The lowest BCUT2D eigenvalue weighted by atomic mass is 9.71. The number of hydrogen-bond donors (Lipinski definition) is 1. The van der Waals surface area contributed by atoms with Crippen LogP contribution in [0.3, 0.4) is 0 Å². The van der Waals surface area contributed by atoms with Crippen LogP contribution >= 0.6 is 0 Å². The molecule has 1 N–H and O–H groups in total. The van der Waals surface area contributed by atoms with Crippen molar-refractivity contribution in [2.75, 3.05) is 33.4 Å². The maximum atomic E-state index is 12.0. The summed E-state index contributed by atoms with van der Waals surface area (Å²) in [5.41, 5.74) is 1.06. The summed E-state index contributed by atoms with van der Waals surface area (Å²) >= 11 is 0. The minimum absolute atomic E-state index is 0.000977. The second kappa shape index (κ2) is 5.77. The maximum Gasteiger partial charge on any atom is 0.226 e. The molecule has 3 rings (SSSR count). The molecule has 21 heavy (non-hydrogen) atoms. The van der Waals surface area contributed by atoms with E-state index in [0.29, 0.717) is 6.61 Å². The summed E-state index contributed by atoms with van der Waals surface area (Å²) in [4.78, 5) is 14.4. The molecule has 6 heteroatoms. The van der Waals surface area contributed by atoms with Crippen molar-refractivity contribution in [2.24, 2.45) is 11.3 Å². The SMILES string of the molecule is COCC1C(=O)NCC12CCN(Cc1cc(C)on1)CC2. The quantitative estimate of drug-likeness (QED) is 0.895. The number of ether oxygens (including phenoxy) is 1. The summed E-state index contributed by atoms with van der Waals surface area (Å²) in [6.07, 6.45) is 2.05. The van der Waals surface area contributed by atoms with E-state index in [-0.39, 0.29) is 17.2 Å². The van der Waals surface area contributed by atoms with Crippen LogP contribution in [0.1, 0.15) is 24.3 Å². The second-order valence-electron chi connectivity index (χ2n) is 6.29. The Labute approximate surface area is 124 Å². The van der Waals surface area contributed by atoms with Crippen LogP contribution in [0.5, 0.6) is 0 Å². The van der Waals surface area contributed by atoms with Gasteiger partial charge in [0.2, 0.25) is 5.91 Å². The summed E-state index contributed by atoms with van der Waals surface area (Å²) < 4.78 is 10.4. The molecule has 2 aliphatic rings. The minimum atomic E-state index is -0.000977. The highest BCUT2D eigenvalue weighted by Gasteiger charge is 2.49. The molecule has 2 aliphatic heterocycles. The number of carbonyl (C=O) groups is 1.